The molecule has 0 spiro atoms. The third-order valence-electron chi connectivity index (χ3n) is 0.718. The summed E-state index contributed by atoms with van der Waals surface area (Å²) in [6, 6.07) is 0. The van der Waals surface area contributed by atoms with Crippen molar-refractivity contribution in [1.29, 1.82) is 0 Å². The Kier molecular flexibility index (Phi) is 8.63. The number of rotatable bonds is 0. The summed E-state index contributed by atoms with van der Waals surface area (Å²) < 4.78 is 0. The summed E-state index contributed by atoms with van der Waals surface area (Å²) in [4.78, 5) is 0. The van der Waals surface area contributed by atoms with Crippen LogP contribution in [-0.4, -0.2) is 0 Å². The first kappa shape index (κ1) is 13.4. The smallest absolute Gasteiger partial charge is 0.117 e. The van der Waals surface area contributed by atoms with Gasteiger partial charge < -0.3 is 12.4 Å². The van der Waals surface area contributed by atoms with E-state index in [1.54, 1.807) is 18.2 Å². The summed E-state index contributed by atoms with van der Waals surface area (Å²) in [5.41, 5.74) is 2.77. The van der Waals surface area contributed by atoms with E-state index in [9.17, 15) is 0 Å². The quantitative estimate of drug-likeness (QED) is 0.403. The van der Waals surface area contributed by atoms with Crippen molar-refractivity contribution >= 4 is 23.2 Å². The molecule has 0 aliphatic heterocycles. The molecule has 0 saturated carbocycles. The summed E-state index contributed by atoms with van der Waals surface area (Å²) in [7, 11) is 0. The van der Waals surface area contributed by atoms with Crippen molar-refractivity contribution in [3.05, 3.63) is 34.4 Å². The Labute approximate surface area is 89.1 Å². The molecule has 1 rings (SSSR count). The van der Waals surface area contributed by atoms with Crippen molar-refractivity contribution in [2.75, 3.05) is 0 Å². The van der Waals surface area contributed by atoms with Crippen molar-refractivity contribution in [2.24, 2.45) is 0 Å². The second-order valence-electron chi connectivity index (χ2n) is 1.37. The summed E-state index contributed by atoms with van der Waals surface area (Å²) in [5, 5.41) is 1.25. The standard InChI is InChI=1S/C6H3Cl2.ClH.Zn/c7-5-2-1-3-6(8)4-5;;/h2-4H;1H;/p-1. The SMILES string of the molecule is Cl[C]1C=C=CC(Cl)=C1.[Cl-].[Zn]. The molecule has 0 aromatic heterocycles. The van der Waals surface area contributed by atoms with Crippen LogP contribution in [0.25, 0.3) is 0 Å². The Bertz CT molecular complexity index is 179. The van der Waals surface area contributed by atoms with Gasteiger partial charge in [-0.1, -0.05) is 11.6 Å². The van der Waals surface area contributed by atoms with Gasteiger partial charge in [-0.15, -0.1) is 17.3 Å². The first-order chi connectivity index (χ1) is 3.79. The Balaban J connectivity index is 0. The maximum absolute atomic E-state index is 5.53. The molecule has 0 saturated heterocycles. The molecule has 0 N–H and O–H groups in total. The van der Waals surface area contributed by atoms with E-state index < -0.39 is 0 Å². The molecule has 0 unspecified atom stereocenters. The number of allylic oxidation sites excluding steroid dienone is 3. The topological polar surface area (TPSA) is 0 Å². The molecule has 1 aliphatic carbocycles. The average Bonchev–Trinajstić information content (AvgIpc) is 1.64. The fraction of sp³-hybridized carbons (Fsp3) is 0. The van der Waals surface area contributed by atoms with E-state index in [1.165, 1.54) is 0 Å². The van der Waals surface area contributed by atoms with Gasteiger partial charge in [0.15, 0.2) is 0 Å². The van der Waals surface area contributed by atoms with Crippen LogP contribution >= 0.6 is 23.2 Å². The van der Waals surface area contributed by atoms with E-state index >= 15 is 0 Å². The minimum atomic E-state index is 0. The van der Waals surface area contributed by atoms with Gasteiger partial charge in [0.05, 0.1) is 0 Å². The van der Waals surface area contributed by atoms with Crippen molar-refractivity contribution in [3.8, 4) is 0 Å². The van der Waals surface area contributed by atoms with Gasteiger partial charge in [0.2, 0.25) is 0 Å². The van der Waals surface area contributed by atoms with Gasteiger partial charge in [-0.3, -0.25) is 0 Å². The first-order valence-corrected chi connectivity index (χ1v) is 2.87. The molecule has 0 amide bonds. The van der Waals surface area contributed by atoms with Crippen LogP contribution in [0.2, 0.25) is 0 Å². The third kappa shape index (κ3) is 4.55. The predicted octanol–water partition coefficient (Wildman–Crippen LogP) is -0.394. The van der Waals surface area contributed by atoms with E-state index in [1.807, 2.05) is 0 Å². The summed E-state index contributed by atoms with van der Waals surface area (Å²) >= 11 is 11.1. The molecule has 10 heavy (non-hydrogen) atoms. The van der Waals surface area contributed by atoms with Crippen LogP contribution in [0.15, 0.2) is 29.0 Å². The molecule has 0 aromatic rings. The summed E-state index contributed by atoms with van der Waals surface area (Å²) in [5.74, 6) is 0. The average molecular weight is 247 g/mol. The molecular formula is C6H3Cl3Zn-. The molecule has 4 heteroatoms. The number of halogens is 3. The van der Waals surface area contributed by atoms with Crippen LogP contribution in [0.1, 0.15) is 0 Å². The van der Waals surface area contributed by atoms with Gasteiger partial charge >= 0.3 is 0 Å². The zero-order chi connectivity index (χ0) is 5.98. The Morgan fingerprint density at radius 3 is 2.10 bits per heavy atom. The summed E-state index contributed by atoms with van der Waals surface area (Å²) in [6.07, 6.45) is 4.99. The molecular weight excluding hydrogens is 244 g/mol. The molecule has 0 bridgehead atoms. The van der Waals surface area contributed by atoms with Gasteiger partial charge in [-0.2, -0.15) is 0 Å². The van der Waals surface area contributed by atoms with E-state index in [-0.39, 0.29) is 31.9 Å². The molecule has 0 aromatic carbocycles. The number of hydrogen-bond donors (Lipinski definition) is 0. The van der Waals surface area contributed by atoms with E-state index in [0.29, 0.717) is 10.4 Å². The Morgan fingerprint density at radius 1 is 1.20 bits per heavy atom. The van der Waals surface area contributed by atoms with Gasteiger partial charge in [-0.25, -0.2) is 0 Å². The van der Waals surface area contributed by atoms with Crippen LogP contribution in [0.4, 0.5) is 0 Å². The van der Waals surface area contributed by atoms with Crippen molar-refractivity contribution in [1.82, 2.24) is 0 Å². The molecule has 51 valence electrons. The normalized spacial score (nSPS) is 15.2. The maximum Gasteiger partial charge on any atom is 0.117 e. The predicted molar refractivity (Wildman–Crippen MR) is 35.7 cm³/mol. The van der Waals surface area contributed by atoms with Crippen molar-refractivity contribution in [3.63, 3.8) is 0 Å². The first-order valence-electron chi connectivity index (χ1n) is 2.11. The van der Waals surface area contributed by atoms with Gasteiger partial charge in [0.1, 0.15) is 5.38 Å². The molecule has 0 nitrogen and oxygen atoms in total. The van der Waals surface area contributed by atoms with Crippen LogP contribution in [0, 0.1) is 5.38 Å². The fourth-order valence-electron chi connectivity index (χ4n) is 0.416. The van der Waals surface area contributed by atoms with E-state index in [0.717, 1.165) is 0 Å². The maximum atomic E-state index is 5.53. The van der Waals surface area contributed by atoms with Crippen LogP contribution < -0.4 is 12.4 Å². The van der Waals surface area contributed by atoms with E-state index in [4.69, 9.17) is 23.2 Å². The largest absolute Gasteiger partial charge is 1.00 e. The van der Waals surface area contributed by atoms with Crippen molar-refractivity contribution < 1.29 is 31.9 Å². The molecule has 0 fully saturated rings. The van der Waals surface area contributed by atoms with Gasteiger partial charge in [-0.05, 0) is 18.2 Å². The third-order valence-corrected chi connectivity index (χ3v) is 1.15. The minimum absolute atomic E-state index is 0. The monoisotopic (exact) mass is 244 g/mol. The summed E-state index contributed by atoms with van der Waals surface area (Å²) in [6.45, 7) is 0. The zero-order valence-corrected chi connectivity index (χ0v) is 10.3. The molecule has 0 atom stereocenters. The van der Waals surface area contributed by atoms with Crippen LogP contribution in [0.3, 0.4) is 0 Å². The van der Waals surface area contributed by atoms with Gasteiger partial charge in [0, 0.05) is 24.5 Å². The van der Waals surface area contributed by atoms with Crippen LogP contribution in [-0.2, 0) is 19.5 Å². The van der Waals surface area contributed by atoms with E-state index in [2.05, 4.69) is 5.73 Å². The van der Waals surface area contributed by atoms with Crippen molar-refractivity contribution in [2.45, 2.75) is 0 Å². The molecule has 0 heterocycles. The zero-order valence-electron chi connectivity index (χ0n) is 5.07. The van der Waals surface area contributed by atoms with Gasteiger partial charge in [0.25, 0.3) is 0 Å². The Hall–Kier alpha value is 0.753. The Morgan fingerprint density at radius 2 is 1.80 bits per heavy atom. The second kappa shape index (κ2) is 6.46. The minimum Gasteiger partial charge on any atom is -1.00 e. The van der Waals surface area contributed by atoms with Crippen LogP contribution in [0.5, 0.6) is 0 Å². The fourth-order valence-corrected chi connectivity index (χ4v) is 0.833. The number of hydrogen-bond acceptors (Lipinski definition) is 0. The molecule has 1 aliphatic rings. The second-order valence-corrected chi connectivity index (χ2v) is 2.24. The molecule has 1 radical (unpaired) electrons.